The molecular formula is C27H26ClN5O4. The molecule has 10 heteroatoms. The van der Waals surface area contributed by atoms with E-state index in [1.165, 1.54) is 0 Å². The minimum Gasteiger partial charge on any atom is -0.496 e. The maximum absolute atomic E-state index is 13.2. The Bertz CT molecular complexity index is 1420. The summed E-state index contributed by atoms with van der Waals surface area (Å²) < 4.78 is 5.37. The molecule has 0 bridgehead atoms. The number of halogens is 1. The highest BCUT2D eigenvalue weighted by Crippen LogP contribution is 2.37. The van der Waals surface area contributed by atoms with Crippen molar-refractivity contribution < 1.29 is 19.1 Å². The fourth-order valence-corrected chi connectivity index (χ4v) is 4.95. The molecule has 3 atom stereocenters. The standard InChI is InChI=1S/C27H26ClN5O4/c1-37-24-4-2-3-20-19(24)12-23(31-20)27(36)33-22(9-14-5-6-14)26(35)30-16(13-29)11-18-17-10-15(28)7-8-21(17)32-25(18)34/h2-4,7-8,10,12,14,16,18,22,31H,5-6,9,11H2,1H3,(H,30,35)(H,32,34)(H,33,36)/t16-,18+,22-/m0/s1. The zero-order valence-electron chi connectivity index (χ0n) is 20.1. The Morgan fingerprint density at radius 3 is 2.73 bits per heavy atom. The van der Waals surface area contributed by atoms with Gasteiger partial charge >= 0.3 is 0 Å². The molecule has 2 heterocycles. The summed E-state index contributed by atoms with van der Waals surface area (Å²) in [7, 11) is 1.56. The Hall–Kier alpha value is -4.03. The lowest BCUT2D eigenvalue weighted by Crippen LogP contribution is -2.50. The van der Waals surface area contributed by atoms with E-state index in [-0.39, 0.29) is 12.3 Å². The summed E-state index contributed by atoms with van der Waals surface area (Å²) in [4.78, 5) is 41.9. The fourth-order valence-electron chi connectivity index (χ4n) is 4.76. The molecule has 2 aromatic carbocycles. The second-order valence-corrected chi connectivity index (χ2v) is 9.95. The van der Waals surface area contributed by atoms with E-state index in [0.29, 0.717) is 40.1 Å². The zero-order valence-corrected chi connectivity index (χ0v) is 20.9. The Kier molecular flexibility index (Phi) is 6.76. The molecule has 37 heavy (non-hydrogen) atoms. The van der Waals surface area contributed by atoms with Crippen molar-refractivity contribution in [3.05, 3.63) is 58.7 Å². The molecule has 3 aromatic rings. The lowest BCUT2D eigenvalue weighted by Gasteiger charge is -2.21. The van der Waals surface area contributed by atoms with Crippen LogP contribution in [0, 0.1) is 17.2 Å². The van der Waals surface area contributed by atoms with E-state index in [2.05, 4.69) is 27.0 Å². The highest BCUT2D eigenvalue weighted by molar-refractivity contribution is 6.31. The number of anilines is 1. The van der Waals surface area contributed by atoms with Gasteiger partial charge in [0, 0.05) is 21.6 Å². The normalized spacial score (nSPS) is 17.9. The highest BCUT2D eigenvalue weighted by atomic mass is 35.5. The first kappa shape index (κ1) is 24.7. The molecule has 1 aromatic heterocycles. The first-order valence-corrected chi connectivity index (χ1v) is 12.5. The van der Waals surface area contributed by atoms with Crippen LogP contribution in [0.2, 0.25) is 5.02 Å². The number of hydrogen-bond donors (Lipinski definition) is 4. The Morgan fingerprint density at radius 1 is 1.19 bits per heavy atom. The zero-order chi connectivity index (χ0) is 26.1. The van der Waals surface area contributed by atoms with Crippen LogP contribution >= 0.6 is 11.6 Å². The third-order valence-electron chi connectivity index (χ3n) is 6.88. The second kappa shape index (κ2) is 10.1. The predicted octanol–water partition coefficient (Wildman–Crippen LogP) is 3.86. The lowest BCUT2D eigenvalue weighted by molar-refractivity contribution is -0.124. The topological polar surface area (TPSA) is 136 Å². The van der Waals surface area contributed by atoms with Crippen LogP contribution in [-0.4, -0.2) is 41.9 Å². The number of rotatable bonds is 9. The van der Waals surface area contributed by atoms with E-state index in [0.717, 1.165) is 23.7 Å². The Labute approximate surface area is 218 Å². The molecular weight excluding hydrogens is 494 g/mol. The molecule has 2 aliphatic rings. The van der Waals surface area contributed by atoms with E-state index in [9.17, 15) is 19.6 Å². The molecule has 5 rings (SSSR count). The number of nitrogens with one attached hydrogen (secondary N) is 4. The summed E-state index contributed by atoms with van der Waals surface area (Å²) in [5.74, 6) is -0.762. The van der Waals surface area contributed by atoms with Crippen LogP contribution in [-0.2, 0) is 9.59 Å². The molecule has 1 fully saturated rings. The van der Waals surface area contributed by atoms with Gasteiger partial charge < -0.3 is 25.7 Å². The minimum atomic E-state index is -0.927. The van der Waals surface area contributed by atoms with Crippen molar-refractivity contribution in [1.29, 1.82) is 5.26 Å². The molecule has 9 nitrogen and oxygen atoms in total. The van der Waals surface area contributed by atoms with E-state index in [1.54, 1.807) is 37.4 Å². The van der Waals surface area contributed by atoms with Gasteiger partial charge in [-0.2, -0.15) is 5.26 Å². The van der Waals surface area contributed by atoms with Crippen LogP contribution in [0.4, 0.5) is 5.69 Å². The van der Waals surface area contributed by atoms with Crippen molar-refractivity contribution in [3.63, 3.8) is 0 Å². The van der Waals surface area contributed by atoms with Crippen LogP contribution in [0.1, 0.15) is 47.7 Å². The number of methoxy groups -OCH3 is 1. The van der Waals surface area contributed by atoms with E-state index < -0.39 is 29.8 Å². The largest absolute Gasteiger partial charge is 0.496 e. The first-order valence-electron chi connectivity index (χ1n) is 12.1. The van der Waals surface area contributed by atoms with Gasteiger partial charge in [-0.1, -0.05) is 30.5 Å². The van der Waals surface area contributed by atoms with E-state index >= 15 is 0 Å². The van der Waals surface area contributed by atoms with Crippen LogP contribution < -0.4 is 20.7 Å². The molecule has 1 saturated carbocycles. The van der Waals surface area contributed by atoms with Crippen molar-refractivity contribution in [2.45, 2.75) is 43.7 Å². The van der Waals surface area contributed by atoms with Crippen LogP contribution in [0.3, 0.4) is 0 Å². The number of aromatic nitrogens is 1. The summed E-state index contributed by atoms with van der Waals surface area (Å²) in [5, 5.41) is 19.4. The monoisotopic (exact) mass is 519 g/mol. The van der Waals surface area contributed by atoms with Gasteiger partial charge in [0.1, 0.15) is 23.5 Å². The molecule has 190 valence electrons. The van der Waals surface area contributed by atoms with Crippen LogP contribution in [0.25, 0.3) is 10.9 Å². The number of hydrogen-bond acceptors (Lipinski definition) is 5. The maximum Gasteiger partial charge on any atom is 0.268 e. The number of carbonyl (C=O) groups excluding carboxylic acids is 3. The Morgan fingerprint density at radius 2 is 2.00 bits per heavy atom. The van der Waals surface area contributed by atoms with Crippen molar-refractivity contribution in [2.24, 2.45) is 5.92 Å². The van der Waals surface area contributed by atoms with E-state index in [1.807, 2.05) is 12.1 Å². The van der Waals surface area contributed by atoms with E-state index in [4.69, 9.17) is 16.3 Å². The molecule has 1 aliphatic heterocycles. The van der Waals surface area contributed by atoms with Gasteiger partial charge in [0.05, 0.1) is 19.1 Å². The van der Waals surface area contributed by atoms with Crippen molar-refractivity contribution in [1.82, 2.24) is 15.6 Å². The summed E-state index contributed by atoms with van der Waals surface area (Å²) in [5.41, 5.74) is 2.40. The highest BCUT2D eigenvalue weighted by Gasteiger charge is 2.35. The molecule has 0 radical (unpaired) electrons. The average molecular weight is 520 g/mol. The van der Waals surface area contributed by atoms with Gasteiger partial charge in [-0.3, -0.25) is 14.4 Å². The summed E-state index contributed by atoms with van der Waals surface area (Å²) in [6, 6.07) is 12.6. The molecule has 3 amide bonds. The van der Waals surface area contributed by atoms with Gasteiger partial charge in [0.15, 0.2) is 0 Å². The third kappa shape index (κ3) is 5.25. The van der Waals surface area contributed by atoms with Crippen molar-refractivity contribution in [3.8, 4) is 11.8 Å². The summed E-state index contributed by atoms with van der Waals surface area (Å²) in [6.07, 6.45) is 2.55. The predicted molar refractivity (Wildman–Crippen MR) is 138 cm³/mol. The molecule has 0 saturated heterocycles. The summed E-state index contributed by atoms with van der Waals surface area (Å²) >= 11 is 6.11. The fraction of sp³-hybridized carbons (Fsp3) is 0.333. The van der Waals surface area contributed by atoms with Gasteiger partial charge in [0.2, 0.25) is 11.8 Å². The second-order valence-electron chi connectivity index (χ2n) is 9.51. The van der Waals surface area contributed by atoms with Gasteiger partial charge in [-0.05, 0) is 60.7 Å². The van der Waals surface area contributed by atoms with Crippen LogP contribution in [0.5, 0.6) is 5.75 Å². The molecule has 0 unspecified atom stereocenters. The number of nitrogens with zero attached hydrogens (tertiary/aromatic N) is 1. The quantitative estimate of drug-likeness (QED) is 0.340. The number of ether oxygens (including phenoxy) is 1. The maximum atomic E-state index is 13.2. The number of carbonyl (C=O) groups is 3. The number of fused-ring (bicyclic) bond motifs is 2. The lowest BCUT2D eigenvalue weighted by atomic mass is 9.93. The first-order chi connectivity index (χ1) is 17.9. The van der Waals surface area contributed by atoms with Crippen molar-refractivity contribution >= 4 is 45.9 Å². The third-order valence-corrected chi connectivity index (χ3v) is 7.12. The molecule has 0 spiro atoms. The number of amides is 3. The molecule has 4 N–H and O–H groups in total. The van der Waals surface area contributed by atoms with Gasteiger partial charge in [-0.15, -0.1) is 0 Å². The SMILES string of the molecule is COc1cccc2[nH]c(C(=O)N[C@@H](CC3CC3)C(=O)N[C@H](C#N)C[C@H]3C(=O)Nc4ccc(Cl)cc43)cc12. The number of nitriles is 1. The number of H-pyrrole nitrogens is 1. The average Bonchev–Trinajstić information content (AvgIpc) is 3.51. The summed E-state index contributed by atoms with van der Waals surface area (Å²) in [6.45, 7) is 0. The Balaban J connectivity index is 1.29. The number of aromatic amines is 1. The molecule has 1 aliphatic carbocycles. The van der Waals surface area contributed by atoms with Crippen molar-refractivity contribution in [2.75, 3.05) is 12.4 Å². The minimum absolute atomic E-state index is 0.0906. The van der Waals surface area contributed by atoms with Gasteiger partial charge in [0.25, 0.3) is 5.91 Å². The number of benzene rings is 2. The van der Waals surface area contributed by atoms with Gasteiger partial charge in [-0.25, -0.2) is 0 Å². The smallest absolute Gasteiger partial charge is 0.268 e. The van der Waals surface area contributed by atoms with Crippen LogP contribution in [0.15, 0.2) is 42.5 Å².